The molecule has 1 aromatic heterocycles. The molecule has 0 radical (unpaired) electrons. The number of benzene rings is 1. The lowest BCUT2D eigenvalue weighted by Crippen LogP contribution is -2.44. The molecule has 1 aromatic carbocycles. The monoisotopic (exact) mass is 435 g/mol. The topological polar surface area (TPSA) is 85.6 Å². The maximum atomic E-state index is 13.6. The van der Waals surface area contributed by atoms with Gasteiger partial charge < -0.3 is 14.5 Å². The van der Waals surface area contributed by atoms with E-state index in [1.165, 1.54) is 6.26 Å². The summed E-state index contributed by atoms with van der Waals surface area (Å²) in [6.45, 7) is 11.2. The van der Waals surface area contributed by atoms with Crippen LogP contribution >= 0.6 is 0 Å². The standard InChI is InChI=1S/C26H29NO5/c1-13(2)32-25(30)21-15(4)27-18-10-26(5,6)11-19(28)23(18)22(21)17-12-31-20-8-7-14(3)9-16(20)24(17)29/h7-10,12-13,22-23,27H,11H2,1-6H3. The first-order valence-corrected chi connectivity index (χ1v) is 10.9. The van der Waals surface area contributed by atoms with Gasteiger partial charge in [0, 0.05) is 29.3 Å². The van der Waals surface area contributed by atoms with Crippen LogP contribution in [0.15, 0.2) is 56.7 Å². The summed E-state index contributed by atoms with van der Waals surface area (Å²) in [7, 11) is 0. The van der Waals surface area contributed by atoms with Crippen molar-refractivity contribution in [2.24, 2.45) is 11.3 Å². The second-order valence-corrected chi connectivity index (χ2v) is 9.82. The van der Waals surface area contributed by atoms with Gasteiger partial charge in [0.15, 0.2) is 5.43 Å². The highest BCUT2D eigenvalue weighted by molar-refractivity contribution is 5.96. The Morgan fingerprint density at radius 2 is 1.91 bits per heavy atom. The van der Waals surface area contributed by atoms with Crippen LogP contribution in [0.1, 0.15) is 58.1 Å². The van der Waals surface area contributed by atoms with Crippen LogP contribution in [0.3, 0.4) is 0 Å². The highest BCUT2D eigenvalue weighted by Crippen LogP contribution is 2.46. The van der Waals surface area contributed by atoms with Gasteiger partial charge in [-0.05, 0) is 45.2 Å². The van der Waals surface area contributed by atoms with Crippen molar-refractivity contribution < 1.29 is 18.7 Å². The van der Waals surface area contributed by atoms with E-state index in [2.05, 4.69) is 5.32 Å². The molecular formula is C26H29NO5. The Hall–Kier alpha value is -3.15. The fourth-order valence-electron chi connectivity index (χ4n) is 4.82. The predicted octanol–water partition coefficient (Wildman–Crippen LogP) is 4.51. The highest BCUT2D eigenvalue weighted by atomic mass is 16.5. The van der Waals surface area contributed by atoms with Crippen LogP contribution in [0, 0.1) is 18.3 Å². The zero-order chi connectivity index (χ0) is 23.4. The van der Waals surface area contributed by atoms with E-state index in [1.54, 1.807) is 32.9 Å². The molecule has 0 amide bonds. The first kappa shape index (κ1) is 22.1. The quantitative estimate of drug-likeness (QED) is 0.714. The van der Waals surface area contributed by atoms with Gasteiger partial charge in [-0.1, -0.05) is 31.6 Å². The van der Waals surface area contributed by atoms with E-state index in [0.29, 0.717) is 34.2 Å². The van der Waals surface area contributed by atoms with E-state index in [-0.39, 0.29) is 22.7 Å². The summed E-state index contributed by atoms with van der Waals surface area (Å²) in [6.07, 6.45) is 3.42. The van der Waals surface area contributed by atoms with Crippen molar-refractivity contribution in [2.75, 3.05) is 0 Å². The maximum absolute atomic E-state index is 13.6. The van der Waals surface area contributed by atoms with E-state index < -0.39 is 17.8 Å². The van der Waals surface area contributed by atoms with Crippen molar-refractivity contribution in [1.82, 2.24) is 5.32 Å². The molecule has 0 bridgehead atoms. The number of aryl methyl sites for hydroxylation is 1. The number of carbonyl (C=O) groups is 2. The molecule has 0 saturated carbocycles. The fourth-order valence-corrected chi connectivity index (χ4v) is 4.82. The summed E-state index contributed by atoms with van der Waals surface area (Å²) in [6, 6.07) is 5.41. The number of rotatable bonds is 3. The van der Waals surface area contributed by atoms with Crippen molar-refractivity contribution in [2.45, 2.75) is 60.0 Å². The molecule has 2 aliphatic rings. The van der Waals surface area contributed by atoms with Gasteiger partial charge in [0.25, 0.3) is 0 Å². The van der Waals surface area contributed by atoms with E-state index in [0.717, 1.165) is 11.3 Å². The van der Waals surface area contributed by atoms with Gasteiger partial charge in [-0.3, -0.25) is 9.59 Å². The van der Waals surface area contributed by atoms with Crippen LogP contribution in [0.25, 0.3) is 11.0 Å². The Kier molecular flexibility index (Phi) is 5.35. The van der Waals surface area contributed by atoms with Crippen molar-refractivity contribution in [1.29, 1.82) is 0 Å². The number of esters is 1. The molecule has 2 unspecified atom stereocenters. The van der Waals surface area contributed by atoms with Crippen LogP contribution in [-0.2, 0) is 14.3 Å². The Balaban J connectivity index is 1.98. The highest BCUT2D eigenvalue weighted by Gasteiger charge is 2.47. The van der Waals surface area contributed by atoms with Gasteiger partial charge in [0.05, 0.1) is 29.2 Å². The second-order valence-electron chi connectivity index (χ2n) is 9.82. The number of carbonyl (C=O) groups excluding carboxylic acids is 2. The lowest BCUT2D eigenvalue weighted by molar-refractivity contribution is -0.143. The Morgan fingerprint density at radius 1 is 1.19 bits per heavy atom. The average molecular weight is 436 g/mol. The van der Waals surface area contributed by atoms with Crippen molar-refractivity contribution in [3.8, 4) is 0 Å². The van der Waals surface area contributed by atoms with E-state index in [1.807, 2.05) is 32.9 Å². The van der Waals surface area contributed by atoms with Gasteiger partial charge in [0.1, 0.15) is 11.4 Å². The Labute approximate surface area is 187 Å². The molecular weight excluding hydrogens is 406 g/mol. The first-order valence-electron chi connectivity index (χ1n) is 10.9. The third-order valence-corrected chi connectivity index (χ3v) is 6.09. The molecule has 6 heteroatoms. The molecule has 2 heterocycles. The van der Waals surface area contributed by atoms with Crippen LogP contribution in [0.4, 0.5) is 0 Å². The van der Waals surface area contributed by atoms with Crippen LogP contribution < -0.4 is 10.7 Å². The molecule has 0 spiro atoms. The summed E-state index contributed by atoms with van der Waals surface area (Å²) in [5, 5.41) is 3.70. The Morgan fingerprint density at radius 3 is 2.59 bits per heavy atom. The number of Topliss-reactive ketones (excluding diaryl/α,β-unsaturated/α-hetero) is 1. The average Bonchev–Trinajstić information content (AvgIpc) is 2.66. The third-order valence-electron chi connectivity index (χ3n) is 6.09. The molecule has 0 fully saturated rings. The fraction of sp³-hybridized carbons (Fsp3) is 0.423. The van der Waals surface area contributed by atoms with Crippen molar-refractivity contribution in [3.05, 3.63) is 68.9 Å². The SMILES string of the molecule is CC1=C(C(=O)OC(C)C)C(c2coc3ccc(C)cc3c2=O)C2C(=O)CC(C)(C)C=C2N1. The number of ketones is 1. The smallest absolute Gasteiger partial charge is 0.336 e. The number of fused-ring (bicyclic) bond motifs is 2. The molecule has 168 valence electrons. The number of hydrogen-bond acceptors (Lipinski definition) is 6. The molecule has 6 nitrogen and oxygen atoms in total. The maximum Gasteiger partial charge on any atom is 0.336 e. The summed E-state index contributed by atoms with van der Waals surface area (Å²) >= 11 is 0. The summed E-state index contributed by atoms with van der Waals surface area (Å²) in [5.74, 6) is -2.00. The summed E-state index contributed by atoms with van der Waals surface area (Å²) < 4.78 is 11.3. The van der Waals surface area contributed by atoms with Crippen molar-refractivity contribution in [3.63, 3.8) is 0 Å². The van der Waals surface area contributed by atoms with Gasteiger partial charge in [0.2, 0.25) is 0 Å². The summed E-state index contributed by atoms with van der Waals surface area (Å²) in [4.78, 5) is 40.1. The minimum absolute atomic E-state index is 0.0175. The lowest BCUT2D eigenvalue weighted by Gasteiger charge is -2.41. The van der Waals surface area contributed by atoms with E-state index in [9.17, 15) is 14.4 Å². The lowest BCUT2D eigenvalue weighted by atomic mass is 9.66. The normalized spacial score (nSPS) is 22.5. The first-order chi connectivity index (χ1) is 15.0. The van der Waals surface area contributed by atoms with Crippen LogP contribution in [0.2, 0.25) is 0 Å². The minimum atomic E-state index is -0.779. The molecule has 32 heavy (non-hydrogen) atoms. The largest absolute Gasteiger partial charge is 0.464 e. The van der Waals surface area contributed by atoms with Gasteiger partial charge in [-0.15, -0.1) is 0 Å². The molecule has 2 atom stereocenters. The zero-order valence-electron chi connectivity index (χ0n) is 19.4. The second kappa shape index (κ2) is 7.76. The minimum Gasteiger partial charge on any atom is -0.464 e. The van der Waals surface area contributed by atoms with Gasteiger partial charge in [-0.25, -0.2) is 4.79 Å². The number of nitrogens with one attached hydrogen (secondary N) is 1. The van der Waals surface area contributed by atoms with Gasteiger partial charge >= 0.3 is 5.97 Å². The molecule has 1 aliphatic heterocycles. The molecule has 1 N–H and O–H groups in total. The van der Waals surface area contributed by atoms with Gasteiger partial charge in [-0.2, -0.15) is 0 Å². The van der Waals surface area contributed by atoms with Crippen molar-refractivity contribution >= 4 is 22.7 Å². The van der Waals surface area contributed by atoms with E-state index >= 15 is 0 Å². The molecule has 1 aliphatic carbocycles. The third kappa shape index (κ3) is 3.78. The molecule has 0 saturated heterocycles. The Bertz CT molecular complexity index is 1240. The zero-order valence-corrected chi connectivity index (χ0v) is 19.4. The number of ether oxygens (including phenoxy) is 1. The predicted molar refractivity (Wildman–Crippen MR) is 122 cm³/mol. The van der Waals surface area contributed by atoms with Crippen LogP contribution in [-0.4, -0.2) is 17.9 Å². The number of hydrogen-bond donors (Lipinski definition) is 1. The van der Waals surface area contributed by atoms with Crippen LogP contribution in [0.5, 0.6) is 0 Å². The summed E-state index contributed by atoms with van der Waals surface area (Å²) in [5.41, 5.74) is 2.74. The molecule has 2 aromatic rings. The van der Waals surface area contributed by atoms with E-state index in [4.69, 9.17) is 9.15 Å². The number of allylic oxidation sites excluding steroid dienone is 3. The molecule has 4 rings (SSSR count).